The Labute approximate surface area is 149 Å². The van der Waals surface area contributed by atoms with Crippen molar-refractivity contribution in [2.75, 3.05) is 13.1 Å². The predicted octanol–water partition coefficient (Wildman–Crippen LogP) is 2.68. The highest BCUT2D eigenvalue weighted by Gasteiger charge is 2.33. The summed E-state index contributed by atoms with van der Waals surface area (Å²) in [7, 11) is 0. The van der Waals surface area contributed by atoms with Gasteiger partial charge in [-0.2, -0.15) is 5.10 Å². The fourth-order valence-electron chi connectivity index (χ4n) is 3.15. The summed E-state index contributed by atoms with van der Waals surface area (Å²) in [4.78, 5) is 25.8. The first-order valence-electron chi connectivity index (χ1n) is 8.35. The second kappa shape index (κ2) is 6.51. The van der Waals surface area contributed by atoms with E-state index in [1.807, 2.05) is 30.3 Å². The van der Waals surface area contributed by atoms with E-state index in [1.165, 1.54) is 0 Å². The minimum Gasteiger partial charge on any atom is -0.481 e. The molecule has 4 rings (SSSR count). The van der Waals surface area contributed by atoms with Gasteiger partial charge in [-0.25, -0.2) is 4.68 Å². The van der Waals surface area contributed by atoms with Gasteiger partial charge in [0.05, 0.1) is 17.9 Å². The molecule has 0 saturated carbocycles. The number of carboxylic acids is 1. The number of para-hydroxylation sites is 1. The summed E-state index contributed by atoms with van der Waals surface area (Å²) in [5, 5.41) is 13.7. The highest BCUT2D eigenvalue weighted by atomic mass is 16.4. The average Bonchev–Trinajstić information content (AvgIpc) is 3.41. The number of likely N-dealkylation sites (tertiary alicyclic amines) is 1. The standard InChI is InChI=1S/C19H17N3O4/c23-18(21-9-8-13(12-21)19(24)25)16-11-15(17-7-4-10-26-17)20-22(16)14-5-2-1-3-6-14/h1-7,10-11,13H,8-9,12H2,(H,24,25). The van der Waals surface area contributed by atoms with Gasteiger partial charge in [0.15, 0.2) is 5.76 Å². The zero-order chi connectivity index (χ0) is 18.1. The van der Waals surface area contributed by atoms with Crippen LogP contribution in [0.25, 0.3) is 17.1 Å². The molecular weight excluding hydrogens is 334 g/mol. The minimum atomic E-state index is -0.867. The molecule has 1 aliphatic rings. The van der Waals surface area contributed by atoms with Gasteiger partial charge in [-0.05, 0) is 30.7 Å². The number of benzene rings is 1. The van der Waals surface area contributed by atoms with Crippen molar-refractivity contribution in [3.05, 3.63) is 60.5 Å². The Morgan fingerprint density at radius 1 is 1.15 bits per heavy atom. The van der Waals surface area contributed by atoms with Gasteiger partial charge in [0.25, 0.3) is 5.91 Å². The molecule has 7 heteroatoms. The summed E-state index contributed by atoms with van der Waals surface area (Å²) in [5.41, 5.74) is 1.69. The lowest BCUT2D eigenvalue weighted by Gasteiger charge is -2.16. The molecule has 2 aromatic heterocycles. The van der Waals surface area contributed by atoms with Crippen LogP contribution in [0.15, 0.2) is 59.2 Å². The van der Waals surface area contributed by atoms with E-state index < -0.39 is 11.9 Å². The molecule has 1 atom stereocenters. The molecule has 0 aliphatic carbocycles. The van der Waals surface area contributed by atoms with Crippen molar-refractivity contribution in [1.82, 2.24) is 14.7 Å². The van der Waals surface area contributed by atoms with E-state index in [2.05, 4.69) is 5.10 Å². The fourth-order valence-corrected chi connectivity index (χ4v) is 3.15. The first-order chi connectivity index (χ1) is 12.6. The molecule has 26 heavy (non-hydrogen) atoms. The summed E-state index contributed by atoms with van der Waals surface area (Å²) < 4.78 is 6.98. The van der Waals surface area contributed by atoms with Crippen LogP contribution < -0.4 is 0 Å². The normalized spacial score (nSPS) is 16.8. The molecule has 0 radical (unpaired) electrons. The zero-order valence-electron chi connectivity index (χ0n) is 13.9. The molecule has 3 aromatic rings. The number of aromatic nitrogens is 2. The molecule has 1 unspecified atom stereocenters. The van der Waals surface area contributed by atoms with E-state index in [1.54, 1.807) is 34.0 Å². The smallest absolute Gasteiger partial charge is 0.308 e. The van der Waals surface area contributed by atoms with Crippen LogP contribution >= 0.6 is 0 Å². The average molecular weight is 351 g/mol. The summed E-state index contributed by atoms with van der Waals surface area (Å²) in [5.74, 6) is -1.05. The lowest BCUT2D eigenvalue weighted by molar-refractivity contribution is -0.141. The Morgan fingerprint density at radius 3 is 2.62 bits per heavy atom. The van der Waals surface area contributed by atoms with Crippen molar-refractivity contribution in [1.29, 1.82) is 0 Å². The van der Waals surface area contributed by atoms with Crippen molar-refractivity contribution in [2.24, 2.45) is 5.92 Å². The van der Waals surface area contributed by atoms with E-state index in [-0.39, 0.29) is 12.5 Å². The van der Waals surface area contributed by atoms with Gasteiger partial charge in [0.2, 0.25) is 0 Å². The molecule has 7 nitrogen and oxygen atoms in total. The Balaban J connectivity index is 1.72. The van der Waals surface area contributed by atoms with Gasteiger partial charge < -0.3 is 14.4 Å². The molecule has 1 aromatic carbocycles. The number of nitrogens with zero attached hydrogens (tertiary/aromatic N) is 3. The van der Waals surface area contributed by atoms with E-state index >= 15 is 0 Å². The van der Waals surface area contributed by atoms with Crippen LogP contribution in [0, 0.1) is 5.92 Å². The molecule has 1 N–H and O–H groups in total. The number of aliphatic carboxylic acids is 1. The Hall–Kier alpha value is -3.35. The SMILES string of the molecule is O=C(O)C1CCN(C(=O)c2cc(-c3ccco3)nn2-c2ccccc2)C1. The van der Waals surface area contributed by atoms with Crippen LogP contribution in [0.3, 0.4) is 0 Å². The summed E-state index contributed by atoms with van der Waals surface area (Å²) >= 11 is 0. The van der Waals surface area contributed by atoms with Crippen molar-refractivity contribution >= 4 is 11.9 Å². The van der Waals surface area contributed by atoms with Gasteiger partial charge in [0.1, 0.15) is 11.4 Å². The molecule has 1 amide bonds. The van der Waals surface area contributed by atoms with Gasteiger partial charge in [-0.3, -0.25) is 9.59 Å². The van der Waals surface area contributed by atoms with Crippen LogP contribution in [0.5, 0.6) is 0 Å². The number of carbonyl (C=O) groups is 2. The molecule has 1 aliphatic heterocycles. The highest BCUT2D eigenvalue weighted by molar-refractivity contribution is 5.94. The molecule has 1 saturated heterocycles. The minimum absolute atomic E-state index is 0.213. The number of rotatable bonds is 4. The number of furan rings is 1. The Kier molecular flexibility index (Phi) is 4.04. The van der Waals surface area contributed by atoms with Crippen molar-refractivity contribution in [3.8, 4) is 17.1 Å². The molecule has 3 heterocycles. The van der Waals surface area contributed by atoms with E-state index in [4.69, 9.17) is 4.42 Å². The largest absolute Gasteiger partial charge is 0.481 e. The third-order valence-electron chi connectivity index (χ3n) is 4.53. The second-order valence-electron chi connectivity index (χ2n) is 6.21. The van der Waals surface area contributed by atoms with Crippen molar-refractivity contribution < 1.29 is 19.1 Å². The molecule has 0 spiro atoms. The Bertz CT molecular complexity index is 931. The third-order valence-corrected chi connectivity index (χ3v) is 4.53. The van der Waals surface area contributed by atoms with Gasteiger partial charge in [0, 0.05) is 19.2 Å². The van der Waals surface area contributed by atoms with E-state index in [9.17, 15) is 14.7 Å². The third kappa shape index (κ3) is 2.88. The summed E-state index contributed by atoms with van der Waals surface area (Å²) in [6, 6.07) is 14.6. The Morgan fingerprint density at radius 2 is 1.96 bits per heavy atom. The number of hydrogen-bond acceptors (Lipinski definition) is 4. The van der Waals surface area contributed by atoms with Crippen molar-refractivity contribution in [2.45, 2.75) is 6.42 Å². The number of carboxylic acid groups (broad SMARTS) is 1. The van der Waals surface area contributed by atoms with Crippen LogP contribution in [0.4, 0.5) is 0 Å². The lowest BCUT2D eigenvalue weighted by Crippen LogP contribution is -2.31. The monoisotopic (exact) mass is 351 g/mol. The summed E-state index contributed by atoms with van der Waals surface area (Å²) in [6.07, 6.45) is 2.02. The maximum absolute atomic E-state index is 13.0. The van der Waals surface area contributed by atoms with Gasteiger partial charge >= 0.3 is 5.97 Å². The number of amides is 1. The van der Waals surface area contributed by atoms with E-state index in [0.717, 1.165) is 5.69 Å². The molecular formula is C19H17N3O4. The maximum Gasteiger partial charge on any atom is 0.308 e. The molecule has 0 bridgehead atoms. The first kappa shape index (κ1) is 16.1. The van der Waals surface area contributed by atoms with Crippen LogP contribution in [-0.2, 0) is 4.79 Å². The maximum atomic E-state index is 13.0. The van der Waals surface area contributed by atoms with Gasteiger partial charge in [-0.1, -0.05) is 18.2 Å². The second-order valence-corrected chi connectivity index (χ2v) is 6.21. The zero-order valence-corrected chi connectivity index (χ0v) is 13.9. The lowest BCUT2D eigenvalue weighted by atomic mass is 10.1. The van der Waals surface area contributed by atoms with Crippen molar-refractivity contribution in [3.63, 3.8) is 0 Å². The molecule has 132 valence electrons. The van der Waals surface area contributed by atoms with Gasteiger partial charge in [-0.15, -0.1) is 0 Å². The molecule has 1 fully saturated rings. The van der Waals surface area contributed by atoms with E-state index in [0.29, 0.717) is 30.1 Å². The topological polar surface area (TPSA) is 88.6 Å². The number of carbonyl (C=O) groups excluding carboxylic acids is 1. The highest BCUT2D eigenvalue weighted by Crippen LogP contribution is 2.25. The number of hydrogen-bond donors (Lipinski definition) is 1. The van der Waals surface area contributed by atoms with Crippen LogP contribution in [-0.4, -0.2) is 44.8 Å². The predicted molar refractivity (Wildman–Crippen MR) is 92.9 cm³/mol. The first-order valence-corrected chi connectivity index (χ1v) is 8.35. The summed E-state index contributed by atoms with van der Waals surface area (Å²) in [6.45, 7) is 0.635. The van der Waals surface area contributed by atoms with Crippen LogP contribution in [0.2, 0.25) is 0 Å². The van der Waals surface area contributed by atoms with Crippen LogP contribution in [0.1, 0.15) is 16.9 Å². The fraction of sp³-hybridized carbons (Fsp3) is 0.211. The quantitative estimate of drug-likeness (QED) is 0.781.